The lowest BCUT2D eigenvalue weighted by Gasteiger charge is -2.11. The molecule has 0 fully saturated rings. The Morgan fingerprint density at radius 2 is 2.08 bits per heavy atom. The minimum Gasteiger partial charge on any atom is -0.399 e. The van der Waals surface area contributed by atoms with E-state index in [0.717, 1.165) is 22.4 Å². The van der Waals surface area contributed by atoms with Crippen LogP contribution < -0.4 is 0 Å². The van der Waals surface area contributed by atoms with Crippen LogP contribution in [0.1, 0.15) is 29.2 Å². The zero-order valence-electron chi connectivity index (χ0n) is 13.9. The molecule has 0 spiro atoms. The van der Waals surface area contributed by atoms with Gasteiger partial charge in [-0.3, -0.25) is 9.78 Å². The second kappa shape index (κ2) is 8.57. The first-order chi connectivity index (χ1) is 11.7. The van der Waals surface area contributed by atoms with Crippen LogP contribution in [0.2, 0.25) is 0 Å². The van der Waals surface area contributed by atoms with Crippen LogP contribution in [0.15, 0.2) is 53.0 Å². The molecule has 0 atom stereocenters. The van der Waals surface area contributed by atoms with Gasteiger partial charge in [-0.25, -0.2) is 0 Å². The Morgan fingerprint density at radius 1 is 1.25 bits per heavy atom. The summed E-state index contributed by atoms with van der Waals surface area (Å²) in [6.07, 6.45) is 4.08. The molecule has 6 heteroatoms. The fourth-order valence-corrected chi connectivity index (χ4v) is 2.19. The van der Waals surface area contributed by atoms with E-state index >= 15 is 0 Å². The van der Waals surface area contributed by atoms with Crippen LogP contribution in [-0.2, 0) is 21.1 Å². The van der Waals surface area contributed by atoms with Crippen LogP contribution in [0.4, 0.5) is 0 Å². The highest BCUT2D eigenvalue weighted by atomic mass is 16.6. The third-order valence-corrected chi connectivity index (χ3v) is 3.48. The van der Waals surface area contributed by atoms with Crippen molar-refractivity contribution < 1.29 is 14.5 Å². The first-order valence-electron chi connectivity index (χ1n) is 7.39. The normalized spacial score (nSPS) is 12.0. The van der Waals surface area contributed by atoms with Crippen LogP contribution in [0.3, 0.4) is 0 Å². The molecule has 0 saturated heterocycles. The summed E-state index contributed by atoms with van der Waals surface area (Å²) in [4.78, 5) is 25.5. The number of hydrogen-bond donors (Lipinski definition) is 0. The summed E-state index contributed by atoms with van der Waals surface area (Å²) in [5, 5.41) is 7.87. The average Bonchev–Trinajstić information content (AvgIpc) is 2.61. The van der Waals surface area contributed by atoms with Crippen molar-refractivity contribution in [3.05, 3.63) is 65.0 Å². The molecule has 2 rings (SSSR count). The Labute approximate surface area is 140 Å². The van der Waals surface area contributed by atoms with Gasteiger partial charge in [0.2, 0.25) is 0 Å². The number of rotatable bonds is 7. The first-order valence-corrected chi connectivity index (χ1v) is 7.39. The maximum atomic E-state index is 11.2. The second-order valence-electron chi connectivity index (χ2n) is 5.07. The predicted octanol–water partition coefficient (Wildman–Crippen LogP) is 2.88. The fourth-order valence-electron chi connectivity index (χ4n) is 2.19. The van der Waals surface area contributed by atoms with Crippen molar-refractivity contribution in [2.24, 2.45) is 10.3 Å². The van der Waals surface area contributed by atoms with Gasteiger partial charge in [0.25, 0.3) is 0 Å². The van der Waals surface area contributed by atoms with Crippen LogP contribution in [0.5, 0.6) is 0 Å². The molecule has 0 amide bonds. The smallest absolute Gasteiger partial charge is 0.172 e. The quantitative estimate of drug-likeness (QED) is 0.446. The largest absolute Gasteiger partial charge is 0.399 e. The topological polar surface area (TPSA) is 73.1 Å². The highest BCUT2D eigenvalue weighted by Crippen LogP contribution is 2.17. The van der Waals surface area contributed by atoms with Crippen molar-refractivity contribution >= 4 is 17.7 Å². The van der Waals surface area contributed by atoms with Crippen LogP contribution in [0.25, 0.3) is 0 Å². The molecule has 24 heavy (non-hydrogen) atoms. The zero-order valence-corrected chi connectivity index (χ0v) is 13.9. The second-order valence-corrected chi connectivity index (χ2v) is 5.07. The van der Waals surface area contributed by atoms with E-state index in [2.05, 4.69) is 15.3 Å². The lowest BCUT2D eigenvalue weighted by atomic mass is 9.99. The van der Waals surface area contributed by atoms with Gasteiger partial charge in [0.1, 0.15) is 19.4 Å². The minimum absolute atomic E-state index is 0.216. The summed E-state index contributed by atoms with van der Waals surface area (Å²) in [5.41, 5.74) is 4.31. The number of oxime groups is 2. The molecule has 0 bridgehead atoms. The molecule has 124 valence electrons. The average molecular weight is 325 g/mol. The molecule has 1 heterocycles. The standard InChI is InChI=1S/C18H19N3O3/c1-13-6-4-8-16(18(11-22)21-23-3)17(13)12-24-20-14(2)15-7-5-9-19-10-15/h4-11H,12H2,1-3H3/b20-14+,21-18-. The van der Waals surface area contributed by atoms with Gasteiger partial charge in [0.15, 0.2) is 6.29 Å². The van der Waals surface area contributed by atoms with Crippen LogP contribution in [0, 0.1) is 6.92 Å². The summed E-state index contributed by atoms with van der Waals surface area (Å²) in [6.45, 7) is 4.00. The maximum Gasteiger partial charge on any atom is 0.172 e. The van der Waals surface area contributed by atoms with Crippen molar-refractivity contribution in [2.45, 2.75) is 20.5 Å². The molecule has 1 aromatic carbocycles. The van der Waals surface area contributed by atoms with Crippen molar-refractivity contribution in [3.8, 4) is 0 Å². The molecule has 0 N–H and O–H groups in total. The SMILES string of the molecule is CO/N=C(/C=O)c1cccc(C)c1CO/N=C(\C)c1cccnc1. The molecule has 0 aliphatic heterocycles. The highest BCUT2D eigenvalue weighted by molar-refractivity contribution is 6.36. The summed E-state index contributed by atoms with van der Waals surface area (Å²) < 4.78 is 0. The summed E-state index contributed by atoms with van der Waals surface area (Å²) in [5.74, 6) is 0. The van der Waals surface area contributed by atoms with Crippen molar-refractivity contribution in [3.63, 3.8) is 0 Å². The number of carbonyl (C=O) groups excluding carboxylic acids is 1. The van der Waals surface area contributed by atoms with Crippen LogP contribution >= 0.6 is 0 Å². The first kappa shape index (κ1) is 17.3. The molecular weight excluding hydrogens is 306 g/mol. The van der Waals surface area contributed by atoms with Gasteiger partial charge in [-0.2, -0.15) is 0 Å². The number of aromatic nitrogens is 1. The van der Waals surface area contributed by atoms with Crippen LogP contribution in [-0.4, -0.2) is 29.8 Å². The zero-order chi connectivity index (χ0) is 17.4. The molecule has 0 radical (unpaired) electrons. The van der Waals surface area contributed by atoms with Gasteiger partial charge in [-0.15, -0.1) is 0 Å². The Bertz CT molecular complexity index is 755. The highest BCUT2D eigenvalue weighted by Gasteiger charge is 2.12. The van der Waals surface area contributed by atoms with E-state index < -0.39 is 0 Å². The van der Waals surface area contributed by atoms with E-state index in [9.17, 15) is 4.79 Å². The number of nitrogens with zero attached hydrogens (tertiary/aromatic N) is 3. The lowest BCUT2D eigenvalue weighted by Crippen LogP contribution is -2.09. The maximum absolute atomic E-state index is 11.2. The van der Waals surface area contributed by atoms with Gasteiger partial charge in [0, 0.05) is 29.1 Å². The number of aryl methyl sites for hydroxylation is 1. The minimum atomic E-state index is 0.216. The number of pyridine rings is 1. The van der Waals surface area contributed by atoms with E-state index in [1.54, 1.807) is 18.5 Å². The number of benzene rings is 1. The van der Waals surface area contributed by atoms with Crippen molar-refractivity contribution in [1.29, 1.82) is 0 Å². The van der Waals surface area contributed by atoms with Crippen molar-refractivity contribution in [1.82, 2.24) is 4.98 Å². The number of hydrogen-bond acceptors (Lipinski definition) is 6. The Balaban J connectivity index is 2.21. The molecule has 1 aromatic heterocycles. The van der Waals surface area contributed by atoms with E-state index in [-0.39, 0.29) is 12.3 Å². The van der Waals surface area contributed by atoms with E-state index in [4.69, 9.17) is 9.68 Å². The third kappa shape index (κ3) is 4.25. The lowest BCUT2D eigenvalue weighted by molar-refractivity contribution is -0.102. The molecule has 2 aromatic rings. The predicted molar refractivity (Wildman–Crippen MR) is 92.0 cm³/mol. The van der Waals surface area contributed by atoms with Gasteiger partial charge >= 0.3 is 0 Å². The third-order valence-electron chi connectivity index (χ3n) is 3.48. The molecule has 0 aliphatic rings. The monoisotopic (exact) mass is 325 g/mol. The molecule has 0 saturated carbocycles. The molecule has 6 nitrogen and oxygen atoms in total. The summed E-state index contributed by atoms with van der Waals surface area (Å²) in [6, 6.07) is 9.34. The number of carbonyl (C=O) groups is 1. The number of aldehydes is 1. The Hall–Kier alpha value is -3.02. The molecule has 0 aliphatic carbocycles. The van der Waals surface area contributed by atoms with Gasteiger partial charge in [-0.05, 0) is 31.5 Å². The fraction of sp³-hybridized carbons (Fsp3) is 0.222. The van der Waals surface area contributed by atoms with Gasteiger partial charge in [0.05, 0.1) is 5.71 Å². The molecule has 0 unspecified atom stereocenters. The van der Waals surface area contributed by atoms with E-state index in [0.29, 0.717) is 11.8 Å². The Kier molecular flexibility index (Phi) is 6.19. The van der Waals surface area contributed by atoms with E-state index in [1.165, 1.54) is 7.11 Å². The van der Waals surface area contributed by atoms with Crippen molar-refractivity contribution in [2.75, 3.05) is 7.11 Å². The van der Waals surface area contributed by atoms with E-state index in [1.807, 2.05) is 38.1 Å². The Morgan fingerprint density at radius 3 is 2.75 bits per heavy atom. The summed E-state index contributed by atoms with van der Waals surface area (Å²) in [7, 11) is 1.40. The van der Waals surface area contributed by atoms with Gasteiger partial charge in [-0.1, -0.05) is 28.5 Å². The molecular formula is C18H19N3O3. The van der Waals surface area contributed by atoms with Gasteiger partial charge < -0.3 is 9.68 Å². The summed E-state index contributed by atoms with van der Waals surface area (Å²) >= 11 is 0.